The molecule has 1 aromatic rings. The lowest BCUT2D eigenvalue weighted by atomic mass is 10.0. The summed E-state index contributed by atoms with van der Waals surface area (Å²) in [6, 6.07) is 0. The van der Waals surface area contributed by atoms with Crippen LogP contribution in [-0.2, 0) is 17.6 Å². The first-order valence-electron chi connectivity index (χ1n) is 7.39. The molecule has 1 aromatic heterocycles. The zero-order valence-corrected chi connectivity index (χ0v) is 12.7. The molecule has 1 heterocycles. The summed E-state index contributed by atoms with van der Waals surface area (Å²) in [6.07, 6.45) is 9.12. The van der Waals surface area contributed by atoms with Gasteiger partial charge in [0.2, 0.25) is 0 Å². The molecule has 0 aliphatic heterocycles. The molecule has 5 heteroatoms. The van der Waals surface area contributed by atoms with Gasteiger partial charge in [0.1, 0.15) is 10.0 Å². The van der Waals surface area contributed by atoms with Gasteiger partial charge >= 0.3 is 0 Å². The molecule has 0 atom stereocenters. The van der Waals surface area contributed by atoms with Gasteiger partial charge in [-0.2, -0.15) is 0 Å². The van der Waals surface area contributed by atoms with Gasteiger partial charge < -0.3 is 10.1 Å². The minimum atomic E-state index is 0.767. The molecule has 0 amide bonds. The summed E-state index contributed by atoms with van der Waals surface area (Å²) >= 11 is 1.79. The Kier molecular flexibility index (Phi) is 6.74. The topological polar surface area (TPSA) is 47.0 Å². The van der Waals surface area contributed by atoms with Crippen molar-refractivity contribution in [2.24, 2.45) is 5.92 Å². The predicted octanol–water partition coefficient (Wildman–Crippen LogP) is 2.44. The minimum Gasteiger partial charge on any atom is -0.383 e. The number of aryl methyl sites for hydroxylation is 1. The van der Waals surface area contributed by atoms with E-state index in [-0.39, 0.29) is 0 Å². The smallest absolute Gasteiger partial charge is 0.118 e. The molecule has 19 heavy (non-hydrogen) atoms. The van der Waals surface area contributed by atoms with Gasteiger partial charge in [-0.15, -0.1) is 21.5 Å². The largest absolute Gasteiger partial charge is 0.383 e. The third-order valence-corrected chi connectivity index (χ3v) is 4.79. The Hall–Kier alpha value is -0.520. The number of aromatic nitrogens is 2. The Morgan fingerprint density at radius 1 is 1.16 bits per heavy atom. The molecule has 0 radical (unpaired) electrons. The Bertz CT molecular complexity index is 350. The molecule has 0 saturated heterocycles. The fourth-order valence-corrected chi connectivity index (χ4v) is 3.47. The van der Waals surface area contributed by atoms with Crippen LogP contribution >= 0.6 is 11.3 Å². The standard InChI is InChI=1S/C14H25N3OS/c1-18-11-10-15-9-8-14-17-16-13(19-14)7-6-12-4-2-3-5-12/h12,15H,2-11H2,1H3. The summed E-state index contributed by atoms with van der Waals surface area (Å²) < 4.78 is 4.99. The van der Waals surface area contributed by atoms with E-state index < -0.39 is 0 Å². The molecule has 1 aliphatic rings. The van der Waals surface area contributed by atoms with Crippen LogP contribution in [0.1, 0.15) is 42.1 Å². The van der Waals surface area contributed by atoms with Crippen LogP contribution < -0.4 is 5.32 Å². The summed E-state index contributed by atoms with van der Waals surface area (Å²) in [7, 11) is 1.73. The molecule has 0 unspecified atom stereocenters. The third-order valence-electron chi connectivity index (χ3n) is 3.75. The van der Waals surface area contributed by atoms with Gasteiger partial charge in [-0.1, -0.05) is 25.7 Å². The highest BCUT2D eigenvalue weighted by Gasteiger charge is 2.15. The number of hydrogen-bond donors (Lipinski definition) is 1. The average molecular weight is 283 g/mol. The van der Waals surface area contributed by atoms with Crippen LogP contribution in [0.15, 0.2) is 0 Å². The average Bonchev–Trinajstić information content (AvgIpc) is 3.07. The molecule has 0 aromatic carbocycles. The van der Waals surface area contributed by atoms with Gasteiger partial charge in [-0.3, -0.25) is 0 Å². The zero-order chi connectivity index (χ0) is 13.3. The summed E-state index contributed by atoms with van der Waals surface area (Å²) in [6.45, 7) is 2.63. The van der Waals surface area contributed by atoms with E-state index in [2.05, 4.69) is 15.5 Å². The highest BCUT2D eigenvalue weighted by molar-refractivity contribution is 7.11. The lowest BCUT2D eigenvalue weighted by molar-refractivity contribution is 0.199. The molecule has 1 aliphatic carbocycles. The van der Waals surface area contributed by atoms with Crippen LogP contribution in [0.2, 0.25) is 0 Å². The van der Waals surface area contributed by atoms with Crippen LogP contribution in [-0.4, -0.2) is 37.0 Å². The fourth-order valence-electron chi connectivity index (χ4n) is 2.61. The molecule has 0 bridgehead atoms. The van der Waals surface area contributed by atoms with Crippen molar-refractivity contribution in [3.05, 3.63) is 10.0 Å². The maximum atomic E-state index is 4.99. The van der Waals surface area contributed by atoms with Gasteiger partial charge in [-0.25, -0.2) is 0 Å². The maximum Gasteiger partial charge on any atom is 0.118 e. The summed E-state index contributed by atoms with van der Waals surface area (Å²) in [5.74, 6) is 0.947. The zero-order valence-electron chi connectivity index (χ0n) is 11.9. The van der Waals surface area contributed by atoms with E-state index in [0.29, 0.717) is 0 Å². The first-order valence-corrected chi connectivity index (χ1v) is 8.21. The van der Waals surface area contributed by atoms with E-state index in [1.54, 1.807) is 18.4 Å². The lowest BCUT2D eigenvalue weighted by Crippen LogP contribution is -2.21. The van der Waals surface area contributed by atoms with Gasteiger partial charge in [0.05, 0.1) is 6.61 Å². The molecule has 1 N–H and O–H groups in total. The summed E-state index contributed by atoms with van der Waals surface area (Å²) in [4.78, 5) is 0. The monoisotopic (exact) mass is 283 g/mol. The molecular formula is C14H25N3OS. The van der Waals surface area contributed by atoms with Gasteiger partial charge in [-0.05, 0) is 12.3 Å². The summed E-state index contributed by atoms with van der Waals surface area (Å²) in [5, 5.41) is 14.3. The number of nitrogens with one attached hydrogen (secondary N) is 1. The highest BCUT2D eigenvalue weighted by atomic mass is 32.1. The van der Waals surface area contributed by atoms with Crippen LogP contribution in [0, 0.1) is 5.92 Å². The lowest BCUT2D eigenvalue weighted by Gasteiger charge is -2.05. The van der Waals surface area contributed by atoms with E-state index in [0.717, 1.165) is 43.5 Å². The van der Waals surface area contributed by atoms with Gasteiger partial charge in [0.15, 0.2) is 0 Å². The van der Waals surface area contributed by atoms with Crippen molar-refractivity contribution in [1.29, 1.82) is 0 Å². The number of rotatable bonds is 9. The molecule has 108 valence electrons. The van der Waals surface area contributed by atoms with E-state index in [1.165, 1.54) is 37.1 Å². The SMILES string of the molecule is COCCNCCc1nnc(CCC2CCCC2)s1. The Labute approximate surface area is 120 Å². The number of ether oxygens (including phenoxy) is 1. The molecule has 0 spiro atoms. The maximum absolute atomic E-state index is 4.99. The van der Waals surface area contributed by atoms with Crippen LogP contribution in [0.5, 0.6) is 0 Å². The summed E-state index contributed by atoms with van der Waals surface area (Å²) in [5.41, 5.74) is 0. The Morgan fingerprint density at radius 2 is 1.89 bits per heavy atom. The first-order chi connectivity index (χ1) is 9.38. The second kappa shape index (κ2) is 8.61. The molecule has 2 rings (SSSR count). The van der Waals surface area contributed by atoms with Crippen molar-refractivity contribution in [3.8, 4) is 0 Å². The fraction of sp³-hybridized carbons (Fsp3) is 0.857. The van der Waals surface area contributed by atoms with Crippen LogP contribution in [0.3, 0.4) is 0 Å². The van der Waals surface area contributed by atoms with Crippen LogP contribution in [0.25, 0.3) is 0 Å². The van der Waals surface area contributed by atoms with Crippen molar-refractivity contribution in [2.45, 2.75) is 44.9 Å². The number of nitrogens with zero attached hydrogens (tertiary/aromatic N) is 2. The number of hydrogen-bond acceptors (Lipinski definition) is 5. The van der Waals surface area contributed by atoms with Crippen molar-refractivity contribution in [1.82, 2.24) is 15.5 Å². The number of methoxy groups -OCH3 is 1. The first kappa shape index (κ1) is 14.9. The quantitative estimate of drug-likeness (QED) is 0.707. The van der Waals surface area contributed by atoms with E-state index >= 15 is 0 Å². The predicted molar refractivity (Wildman–Crippen MR) is 78.6 cm³/mol. The molecular weight excluding hydrogens is 258 g/mol. The second-order valence-corrected chi connectivity index (χ2v) is 6.42. The van der Waals surface area contributed by atoms with E-state index in [4.69, 9.17) is 4.74 Å². The van der Waals surface area contributed by atoms with Crippen LogP contribution in [0.4, 0.5) is 0 Å². The second-order valence-electron chi connectivity index (χ2n) is 5.27. The Balaban J connectivity index is 1.61. The van der Waals surface area contributed by atoms with Crippen molar-refractivity contribution >= 4 is 11.3 Å². The minimum absolute atomic E-state index is 0.767. The molecule has 4 nitrogen and oxygen atoms in total. The van der Waals surface area contributed by atoms with Gasteiger partial charge in [0, 0.05) is 33.0 Å². The third kappa shape index (κ3) is 5.55. The van der Waals surface area contributed by atoms with Crippen molar-refractivity contribution in [3.63, 3.8) is 0 Å². The highest BCUT2D eigenvalue weighted by Crippen LogP contribution is 2.29. The van der Waals surface area contributed by atoms with E-state index in [1.807, 2.05) is 0 Å². The van der Waals surface area contributed by atoms with Crippen molar-refractivity contribution < 1.29 is 4.74 Å². The molecule has 1 saturated carbocycles. The van der Waals surface area contributed by atoms with E-state index in [9.17, 15) is 0 Å². The van der Waals surface area contributed by atoms with Crippen molar-refractivity contribution in [2.75, 3.05) is 26.8 Å². The molecule has 1 fully saturated rings. The Morgan fingerprint density at radius 3 is 2.63 bits per heavy atom. The normalized spacial score (nSPS) is 16.3. The van der Waals surface area contributed by atoms with Gasteiger partial charge in [0.25, 0.3) is 0 Å².